The predicted molar refractivity (Wildman–Crippen MR) is 103 cm³/mol. The Morgan fingerprint density at radius 1 is 1.17 bits per heavy atom. The van der Waals surface area contributed by atoms with Crippen molar-refractivity contribution in [2.45, 2.75) is 44.8 Å². The smallest absolute Gasteiger partial charge is 0.123 e. The molecule has 2 aliphatic rings. The minimum absolute atomic E-state index is 0. The molecule has 0 amide bonds. The number of benzene rings is 1. The van der Waals surface area contributed by atoms with Crippen molar-refractivity contribution in [3.05, 3.63) is 29.3 Å². The van der Waals surface area contributed by atoms with E-state index in [2.05, 4.69) is 28.4 Å². The summed E-state index contributed by atoms with van der Waals surface area (Å²) in [4.78, 5) is 2.44. The monoisotopic (exact) mass is 376 g/mol. The van der Waals surface area contributed by atoms with Gasteiger partial charge in [-0.3, -0.25) is 4.90 Å². The summed E-state index contributed by atoms with van der Waals surface area (Å²) in [7, 11) is 1.76. The van der Waals surface area contributed by atoms with Gasteiger partial charge in [-0.05, 0) is 30.5 Å². The molecule has 4 nitrogen and oxygen atoms in total. The molecule has 1 aromatic rings. The molecule has 0 unspecified atom stereocenters. The summed E-state index contributed by atoms with van der Waals surface area (Å²) in [6, 6.07) is 7.31. The van der Waals surface area contributed by atoms with Gasteiger partial charge < -0.3 is 14.8 Å². The summed E-state index contributed by atoms with van der Waals surface area (Å²) in [5.74, 6) is 0.996. The van der Waals surface area contributed by atoms with E-state index in [9.17, 15) is 0 Å². The third-order valence-corrected chi connectivity index (χ3v) is 4.79. The van der Waals surface area contributed by atoms with Crippen molar-refractivity contribution in [2.75, 3.05) is 33.4 Å². The molecule has 0 aromatic heterocycles. The van der Waals surface area contributed by atoms with Gasteiger partial charge in [0.05, 0.1) is 20.3 Å². The van der Waals surface area contributed by atoms with Crippen LogP contribution in [0.2, 0.25) is 0 Å². The summed E-state index contributed by atoms with van der Waals surface area (Å²) >= 11 is 0. The average molecular weight is 377 g/mol. The number of halogens is 2. The second-order valence-corrected chi connectivity index (χ2v) is 6.40. The van der Waals surface area contributed by atoms with Crippen LogP contribution in [0.5, 0.6) is 5.75 Å². The standard InChI is InChI=1S/C18H28N2O2.2ClH/c1-21-18-7-6-15(13-19-17-4-2-3-5-17)12-16(18)14-20-8-10-22-11-9-20;;/h6-7,12,17,19H,2-5,8-11,13-14H2,1H3;2*1H. The molecule has 0 atom stereocenters. The number of methoxy groups -OCH3 is 1. The van der Waals surface area contributed by atoms with Crippen LogP contribution >= 0.6 is 24.8 Å². The van der Waals surface area contributed by atoms with Crippen LogP contribution < -0.4 is 10.1 Å². The Labute approximate surface area is 158 Å². The number of hydrogen-bond acceptors (Lipinski definition) is 4. The fourth-order valence-corrected chi connectivity index (χ4v) is 3.46. The van der Waals surface area contributed by atoms with E-state index in [-0.39, 0.29) is 24.8 Å². The summed E-state index contributed by atoms with van der Waals surface area (Å²) in [5.41, 5.74) is 2.64. The Bertz CT molecular complexity index is 476. The maximum Gasteiger partial charge on any atom is 0.123 e. The molecule has 24 heavy (non-hydrogen) atoms. The van der Waals surface area contributed by atoms with Crippen LogP contribution in [0.3, 0.4) is 0 Å². The first kappa shape index (κ1) is 21.5. The molecular weight excluding hydrogens is 347 g/mol. The third-order valence-electron chi connectivity index (χ3n) is 4.79. The Morgan fingerprint density at radius 3 is 2.54 bits per heavy atom. The SMILES string of the molecule is COc1ccc(CNC2CCCC2)cc1CN1CCOCC1.Cl.Cl. The van der Waals surface area contributed by atoms with Crippen LogP contribution in [0.25, 0.3) is 0 Å². The van der Waals surface area contributed by atoms with Gasteiger partial charge in [0.15, 0.2) is 0 Å². The van der Waals surface area contributed by atoms with E-state index in [1.54, 1.807) is 7.11 Å². The molecule has 1 N–H and O–H groups in total. The molecule has 0 radical (unpaired) electrons. The molecule has 1 saturated carbocycles. The minimum atomic E-state index is 0. The zero-order valence-electron chi connectivity index (χ0n) is 14.5. The highest BCUT2D eigenvalue weighted by Crippen LogP contribution is 2.23. The normalized spacial score (nSPS) is 18.7. The van der Waals surface area contributed by atoms with Crippen LogP contribution in [-0.4, -0.2) is 44.4 Å². The van der Waals surface area contributed by atoms with Crippen molar-refractivity contribution in [3.8, 4) is 5.75 Å². The van der Waals surface area contributed by atoms with Gasteiger partial charge in [-0.15, -0.1) is 24.8 Å². The Balaban J connectivity index is 0.00000144. The lowest BCUT2D eigenvalue weighted by Crippen LogP contribution is -2.35. The Hall–Kier alpha value is -0.520. The van der Waals surface area contributed by atoms with E-state index in [0.717, 1.165) is 45.1 Å². The summed E-state index contributed by atoms with van der Waals surface area (Å²) in [5, 5.41) is 3.69. The van der Waals surface area contributed by atoms with Crippen molar-refractivity contribution < 1.29 is 9.47 Å². The summed E-state index contributed by atoms with van der Waals surface area (Å²) in [6.07, 6.45) is 5.42. The number of hydrogen-bond donors (Lipinski definition) is 1. The molecule has 1 aliphatic carbocycles. The third kappa shape index (κ3) is 6.08. The lowest BCUT2D eigenvalue weighted by atomic mass is 10.1. The van der Waals surface area contributed by atoms with E-state index in [1.807, 2.05) is 0 Å². The highest BCUT2D eigenvalue weighted by Gasteiger charge is 2.16. The van der Waals surface area contributed by atoms with E-state index >= 15 is 0 Å². The lowest BCUT2D eigenvalue weighted by molar-refractivity contribution is 0.0339. The number of rotatable bonds is 6. The number of ether oxygens (including phenoxy) is 2. The van der Waals surface area contributed by atoms with Crippen molar-refractivity contribution in [1.82, 2.24) is 10.2 Å². The molecule has 0 bridgehead atoms. The zero-order valence-corrected chi connectivity index (χ0v) is 16.1. The van der Waals surface area contributed by atoms with Crippen LogP contribution in [0.4, 0.5) is 0 Å². The van der Waals surface area contributed by atoms with Crippen molar-refractivity contribution in [2.24, 2.45) is 0 Å². The first-order valence-electron chi connectivity index (χ1n) is 8.54. The molecule has 2 fully saturated rings. The van der Waals surface area contributed by atoms with Crippen molar-refractivity contribution in [1.29, 1.82) is 0 Å². The lowest BCUT2D eigenvalue weighted by Gasteiger charge is -2.27. The molecule has 3 rings (SSSR count). The second-order valence-electron chi connectivity index (χ2n) is 6.40. The average Bonchev–Trinajstić information content (AvgIpc) is 3.08. The molecule has 1 aromatic carbocycles. The fourth-order valence-electron chi connectivity index (χ4n) is 3.46. The highest BCUT2D eigenvalue weighted by molar-refractivity contribution is 5.85. The topological polar surface area (TPSA) is 33.7 Å². The van der Waals surface area contributed by atoms with E-state index < -0.39 is 0 Å². The minimum Gasteiger partial charge on any atom is -0.496 e. The van der Waals surface area contributed by atoms with Crippen LogP contribution in [0.15, 0.2) is 18.2 Å². The first-order valence-corrected chi connectivity index (χ1v) is 8.54. The largest absolute Gasteiger partial charge is 0.496 e. The molecule has 1 heterocycles. The van der Waals surface area contributed by atoms with Crippen molar-refractivity contribution >= 4 is 24.8 Å². The number of nitrogens with one attached hydrogen (secondary N) is 1. The Kier molecular flexibility index (Phi) is 10.0. The summed E-state index contributed by atoms with van der Waals surface area (Å²) in [6.45, 7) is 5.60. The van der Waals surface area contributed by atoms with Crippen molar-refractivity contribution in [3.63, 3.8) is 0 Å². The zero-order chi connectivity index (χ0) is 15.2. The molecule has 1 saturated heterocycles. The van der Waals surface area contributed by atoms with Gasteiger partial charge in [0, 0.05) is 37.8 Å². The highest BCUT2D eigenvalue weighted by atomic mass is 35.5. The molecule has 1 aliphatic heterocycles. The van der Waals surface area contributed by atoms with E-state index in [4.69, 9.17) is 9.47 Å². The van der Waals surface area contributed by atoms with Gasteiger partial charge in [-0.1, -0.05) is 18.9 Å². The van der Waals surface area contributed by atoms with E-state index in [0.29, 0.717) is 6.04 Å². The van der Waals surface area contributed by atoms with Gasteiger partial charge in [0.2, 0.25) is 0 Å². The maximum atomic E-state index is 5.54. The number of nitrogens with zero attached hydrogens (tertiary/aromatic N) is 1. The Morgan fingerprint density at radius 2 is 1.88 bits per heavy atom. The fraction of sp³-hybridized carbons (Fsp3) is 0.667. The van der Waals surface area contributed by atoms with Gasteiger partial charge in [0.25, 0.3) is 0 Å². The second kappa shape index (κ2) is 11.2. The predicted octanol–water partition coefficient (Wildman–Crippen LogP) is 3.40. The molecule has 6 heteroatoms. The van der Waals surface area contributed by atoms with Gasteiger partial charge >= 0.3 is 0 Å². The van der Waals surface area contributed by atoms with E-state index in [1.165, 1.54) is 36.8 Å². The summed E-state index contributed by atoms with van der Waals surface area (Å²) < 4.78 is 11.0. The van der Waals surface area contributed by atoms with Crippen LogP contribution in [0, 0.1) is 0 Å². The van der Waals surface area contributed by atoms with Gasteiger partial charge in [-0.2, -0.15) is 0 Å². The number of morpholine rings is 1. The molecule has 0 spiro atoms. The van der Waals surface area contributed by atoms with Gasteiger partial charge in [0.1, 0.15) is 5.75 Å². The maximum absolute atomic E-state index is 5.54. The quantitative estimate of drug-likeness (QED) is 0.824. The van der Waals surface area contributed by atoms with Crippen LogP contribution in [-0.2, 0) is 17.8 Å². The molecule has 138 valence electrons. The first-order chi connectivity index (χ1) is 10.8. The van der Waals surface area contributed by atoms with Crippen LogP contribution in [0.1, 0.15) is 36.8 Å². The molecular formula is C18H30Cl2N2O2. The van der Waals surface area contributed by atoms with Gasteiger partial charge in [-0.25, -0.2) is 0 Å².